The van der Waals surface area contributed by atoms with Gasteiger partial charge in [-0.1, -0.05) is 34.5 Å². The summed E-state index contributed by atoms with van der Waals surface area (Å²) >= 11 is 13.3. The highest BCUT2D eigenvalue weighted by Crippen LogP contribution is 2.47. The Morgan fingerprint density at radius 3 is 2.77 bits per heavy atom. The zero-order valence-electron chi connectivity index (χ0n) is 16.1. The van der Waals surface area contributed by atoms with Crippen LogP contribution in [0.4, 0.5) is 15.6 Å². The average molecular weight is 468 g/mol. The maximum Gasteiger partial charge on any atom is 0.328 e. The third-order valence-corrected chi connectivity index (χ3v) is 6.68. The van der Waals surface area contributed by atoms with Gasteiger partial charge in [0.25, 0.3) is 0 Å². The number of hydrogen-bond donors (Lipinski definition) is 2. The molecule has 4 amide bonds. The summed E-state index contributed by atoms with van der Waals surface area (Å²) in [6.07, 6.45) is 2.18. The van der Waals surface area contributed by atoms with E-state index in [1.54, 1.807) is 15.9 Å². The lowest BCUT2D eigenvalue weighted by Crippen LogP contribution is -2.43. The summed E-state index contributed by atoms with van der Waals surface area (Å²) in [5.41, 5.74) is 1.29. The fourth-order valence-corrected chi connectivity index (χ4v) is 5.01. The van der Waals surface area contributed by atoms with Crippen LogP contribution in [-0.2, 0) is 15.0 Å². The lowest BCUT2D eigenvalue weighted by atomic mass is 9.81. The molecule has 1 aromatic heterocycles. The van der Waals surface area contributed by atoms with E-state index in [1.165, 1.54) is 24.5 Å². The van der Waals surface area contributed by atoms with E-state index in [9.17, 15) is 14.4 Å². The van der Waals surface area contributed by atoms with Crippen LogP contribution in [0.5, 0.6) is 0 Å². The largest absolute Gasteiger partial charge is 0.347 e. The Kier molecular flexibility index (Phi) is 5.61. The summed E-state index contributed by atoms with van der Waals surface area (Å²) in [5.74, 6) is -0.397. The molecule has 1 fully saturated rings. The van der Waals surface area contributed by atoms with Gasteiger partial charge in [-0.3, -0.25) is 19.8 Å². The zero-order valence-corrected chi connectivity index (χ0v) is 18.4. The first-order valence-electron chi connectivity index (χ1n) is 9.29. The zero-order chi connectivity index (χ0) is 21.5. The van der Waals surface area contributed by atoms with Crippen molar-refractivity contribution in [2.24, 2.45) is 0 Å². The Morgan fingerprint density at radius 1 is 1.27 bits per heavy atom. The maximum absolute atomic E-state index is 13.0. The molecule has 3 heterocycles. The fraction of sp³-hybridized carbons (Fsp3) is 0.368. The van der Waals surface area contributed by atoms with Crippen LogP contribution in [0.3, 0.4) is 0 Å². The SMILES string of the molecule is CC(=O)NCC(=O)N1CCC2(C1)CN(C(=O)Nc1ncc(Cl)s1)c1ccc(Cl)cc12. The van der Waals surface area contributed by atoms with Crippen molar-refractivity contribution in [1.82, 2.24) is 15.2 Å². The first kappa shape index (κ1) is 20.9. The number of anilines is 2. The van der Waals surface area contributed by atoms with E-state index in [2.05, 4.69) is 15.6 Å². The Balaban J connectivity index is 1.57. The molecule has 2 aliphatic rings. The van der Waals surface area contributed by atoms with Gasteiger partial charge >= 0.3 is 6.03 Å². The minimum absolute atomic E-state index is 0.0389. The Morgan fingerprint density at radius 2 is 2.07 bits per heavy atom. The van der Waals surface area contributed by atoms with Crippen molar-refractivity contribution in [2.45, 2.75) is 18.8 Å². The summed E-state index contributed by atoms with van der Waals surface area (Å²) in [4.78, 5) is 44.1. The van der Waals surface area contributed by atoms with Crippen molar-refractivity contribution < 1.29 is 14.4 Å². The molecule has 1 spiro atoms. The summed E-state index contributed by atoms with van der Waals surface area (Å²) in [6, 6.07) is 5.12. The van der Waals surface area contributed by atoms with E-state index in [4.69, 9.17) is 23.2 Å². The molecule has 2 aromatic rings. The third kappa shape index (κ3) is 3.97. The van der Waals surface area contributed by atoms with Gasteiger partial charge in [0.1, 0.15) is 4.34 Å². The molecule has 2 aliphatic heterocycles. The first-order chi connectivity index (χ1) is 14.3. The molecule has 1 aromatic carbocycles. The summed E-state index contributed by atoms with van der Waals surface area (Å²) in [5, 5.41) is 6.32. The number of carbonyl (C=O) groups excluding carboxylic acids is 3. The fourth-order valence-electron chi connectivity index (χ4n) is 4.04. The normalized spacial score (nSPS) is 19.8. The van der Waals surface area contributed by atoms with E-state index in [0.29, 0.717) is 40.5 Å². The van der Waals surface area contributed by atoms with Gasteiger partial charge < -0.3 is 10.2 Å². The van der Waals surface area contributed by atoms with Crippen LogP contribution < -0.4 is 15.5 Å². The second kappa shape index (κ2) is 8.05. The number of benzene rings is 1. The van der Waals surface area contributed by atoms with E-state index in [1.807, 2.05) is 12.1 Å². The van der Waals surface area contributed by atoms with E-state index in [-0.39, 0.29) is 24.4 Å². The minimum atomic E-state index is -0.413. The lowest BCUT2D eigenvalue weighted by Gasteiger charge is -2.26. The van der Waals surface area contributed by atoms with Crippen molar-refractivity contribution in [3.63, 3.8) is 0 Å². The highest BCUT2D eigenvalue weighted by Gasteiger charge is 2.49. The van der Waals surface area contributed by atoms with Crippen LogP contribution in [0.2, 0.25) is 9.36 Å². The maximum atomic E-state index is 13.0. The van der Waals surface area contributed by atoms with Crippen molar-refractivity contribution >= 4 is 63.2 Å². The number of nitrogens with one attached hydrogen (secondary N) is 2. The molecule has 1 unspecified atom stereocenters. The van der Waals surface area contributed by atoms with Gasteiger partial charge in [0.05, 0.1) is 12.7 Å². The molecule has 2 N–H and O–H groups in total. The molecule has 0 saturated carbocycles. The topological polar surface area (TPSA) is 94.6 Å². The molecule has 0 bridgehead atoms. The number of nitrogens with zero attached hydrogens (tertiary/aromatic N) is 3. The van der Waals surface area contributed by atoms with E-state index >= 15 is 0 Å². The van der Waals surface area contributed by atoms with Gasteiger partial charge in [-0.25, -0.2) is 9.78 Å². The van der Waals surface area contributed by atoms with Gasteiger partial charge in [-0.2, -0.15) is 0 Å². The molecule has 8 nitrogen and oxygen atoms in total. The third-order valence-electron chi connectivity index (χ3n) is 5.41. The number of fused-ring (bicyclic) bond motifs is 2. The Hall–Kier alpha value is -2.36. The number of halogens is 2. The Labute approximate surface area is 187 Å². The van der Waals surface area contributed by atoms with Crippen LogP contribution >= 0.6 is 34.5 Å². The second-order valence-electron chi connectivity index (χ2n) is 7.40. The monoisotopic (exact) mass is 467 g/mol. The smallest absolute Gasteiger partial charge is 0.328 e. The number of urea groups is 1. The van der Waals surface area contributed by atoms with Gasteiger partial charge in [0.15, 0.2) is 5.13 Å². The number of amides is 4. The van der Waals surface area contributed by atoms with Gasteiger partial charge in [0.2, 0.25) is 11.8 Å². The molecular formula is C19H19Cl2N5O3S. The number of hydrogen-bond acceptors (Lipinski definition) is 5. The van der Waals surface area contributed by atoms with Crippen molar-refractivity contribution in [1.29, 1.82) is 0 Å². The molecule has 30 heavy (non-hydrogen) atoms. The molecule has 4 rings (SSSR count). The number of likely N-dealkylation sites (tertiary alicyclic amines) is 1. The Bertz CT molecular complexity index is 1030. The van der Waals surface area contributed by atoms with Crippen LogP contribution in [0.25, 0.3) is 0 Å². The molecular weight excluding hydrogens is 449 g/mol. The summed E-state index contributed by atoms with van der Waals surface area (Å²) < 4.78 is 0.486. The van der Waals surface area contributed by atoms with Crippen LogP contribution in [0.1, 0.15) is 18.9 Å². The van der Waals surface area contributed by atoms with Gasteiger partial charge in [-0.05, 0) is 30.2 Å². The number of rotatable bonds is 3. The highest BCUT2D eigenvalue weighted by atomic mass is 35.5. The van der Waals surface area contributed by atoms with Crippen LogP contribution in [-0.4, -0.2) is 53.9 Å². The number of aromatic nitrogens is 1. The van der Waals surface area contributed by atoms with Gasteiger partial charge in [-0.15, -0.1) is 0 Å². The molecule has 1 atom stereocenters. The van der Waals surface area contributed by atoms with E-state index < -0.39 is 5.41 Å². The van der Waals surface area contributed by atoms with Crippen LogP contribution in [0.15, 0.2) is 24.4 Å². The molecule has 11 heteroatoms. The standard InChI is InChI=1S/C19H19Cl2N5O3S/c1-11(27)22-8-16(28)25-5-4-19(9-25)10-26(14-3-2-12(20)6-13(14)19)18(29)24-17-23-7-15(21)30-17/h2-3,6-7H,4-5,8-10H2,1H3,(H,22,27)(H,23,24,29). The minimum Gasteiger partial charge on any atom is -0.347 e. The quantitative estimate of drug-likeness (QED) is 0.724. The lowest BCUT2D eigenvalue weighted by molar-refractivity contribution is -0.131. The van der Waals surface area contributed by atoms with Crippen molar-refractivity contribution in [3.05, 3.63) is 39.3 Å². The predicted molar refractivity (Wildman–Crippen MR) is 116 cm³/mol. The second-order valence-corrected chi connectivity index (χ2v) is 9.50. The highest BCUT2D eigenvalue weighted by molar-refractivity contribution is 7.19. The van der Waals surface area contributed by atoms with E-state index in [0.717, 1.165) is 11.3 Å². The molecule has 0 radical (unpaired) electrons. The van der Waals surface area contributed by atoms with Gasteiger partial charge in [0, 0.05) is 42.7 Å². The molecule has 0 aliphatic carbocycles. The van der Waals surface area contributed by atoms with Crippen molar-refractivity contribution in [2.75, 3.05) is 36.4 Å². The predicted octanol–water partition coefficient (Wildman–Crippen LogP) is 3.11. The first-order valence-corrected chi connectivity index (χ1v) is 10.9. The molecule has 158 valence electrons. The molecule has 1 saturated heterocycles. The average Bonchev–Trinajstić information content (AvgIpc) is 3.39. The number of carbonyl (C=O) groups is 3. The number of thiazole rings is 1. The van der Waals surface area contributed by atoms with Crippen molar-refractivity contribution in [3.8, 4) is 0 Å². The summed E-state index contributed by atoms with van der Waals surface area (Å²) in [6.45, 7) is 2.74. The van der Waals surface area contributed by atoms with Crippen LogP contribution in [0, 0.1) is 0 Å². The summed E-state index contributed by atoms with van der Waals surface area (Å²) in [7, 11) is 0.